The van der Waals surface area contributed by atoms with Crippen molar-refractivity contribution < 1.29 is 13.7 Å². The summed E-state index contributed by atoms with van der Waals surface area (Å²) in [5, 5.41) is 3.78. The zero-order chi connectivity index (χ0) is 17.8. The van der Waals surface area contributed by atoms with Gasteiger partial charge in [0.05, 0.1) is 5.56 Å². The lowest BCUT2D eigenvalue weighted by molar-refractivity contribution is -0.118. The molecule has 1 amide bonds. The number of hydrogen-bond acceptors (Lipinski definition) is 4. The number of aryl methyl sites for hydroxylation is 1. The second kappa shape index (κ2) is 7.57. The van der Waals surface area contributed by atoms with Crippen LogP contribution in [0.15, 0.2) is 57.5 Å². The predicted molar refractivity (Wildman–Crippen MR) is 95.6 cm³/mol. The van der Waals surface area contributed by atoms with Crippen molar-refractivity contribution in [3.05, 3.63) is 64.7 Å². The molecule has 3 aromatic rings. The molecule has 0 saturated carbocycles. The number of aromatic nitrogens is 2. The number of benzene rings is 2. The Morgan fingerprint density at radius 1 is 1.20 bits per heavy atom. The van der Waals surface area contributed by atoms with E-state index in [0.29, 0.717) is 12.3 Å². The molecule has 0 N–H and O–H groups in total. The topological polar surface area (TPSA) is 59.2 Å². The molecule has 0 aliphatic heterocycles. The lowest BCUT2D eigenvalue weighted by Crippen LogP contribution is -2.26. The molecule has 128 valence electrons. The Labute approximate surface area is 152 Å². The molecule has 3 rings (SSSR count). The summed E-state index contributed by atoms with van der Waals surface area (Å²) in [6.07, 6.45) is 0.507. The van der Waals surface area contributed by atoms with Crippen LogP contribution in [0, 0.1) is 5.82 Å². The maximum Gasteiger partial charge on any atom is 0.227 e. The maximum atomic E-state index is 13.7. The van der Waals surface area contributed by atoms with Gasteiger partial charge in [-0.05, 0) is 36.4 Å². The van der Waals surface area contributed by atoms with Gasteiger partial charge in [-0.25, -0.2) is 4.39 Å². The first-order valence-corrected chi connectivity index (χ1v) is 8.43. The van der Waals surface area contributed by atoms with E-state index < -0.39 is 5.82 Å². The van der Waals surface area contributed by atoms with Crippen LogP contribution in [0.2, 0.25) is 0 Å². The van der Waals surface area contributed by atoms with E-state index in [9.17, 15) is 9.18 Å². The van der Waals surface area contributed by atoms with E-state index in [1.54, 1.807) is 30.1 Å². The monoisotopic (exact) mass is 403 g/mol. The van der Waals surface area contributed by atoms with E-state index in [0.717, 1.165) is 10.2 Å². The molecule has 5 nitrogen and oxygen atoms in total. The third-order valence-corrected chi connectivity index (χ3v) is 4.25. The summed E-state index contributed by atoms with van der Waals surface area (Å²) < 4.78 is 19.8. The molecule has 0 bridgehead atoms. The van der Waals surface area contributed by atoms with E-state index in [2.05, 4.69) is 26.1 Å². The third kappa shape index (κ3) is 4.11. The first-order valence-electron chi connectivity index (χ1n) is 7.64. The van der Waals surface area contributed by atoms with Gasteiger partial charge in [0.25, 0.3) is 0 Å². The summed E-state index contributed by atoms with van der Waals surface area (Å²) in [5.74, 6) is -0.00788. The van der Waals surface area contributed by atoms with Gasteiger partial charge in [0.15, 0.2) is 0 Å². The van der Waals surface area contributed by atoms with Crippen LogP contribution >= 0.6 is 15.9 Å². The fourth-order valence-electron chi connectivity index (χ4n) is 2.30. The molecule has 1 heterocycles. The van der Waals surface area contributed by atoms with Crippen molar-refractivity contribution in [2.75, 3.05) is 11.9 Å². The van der Waals surface area contributed by atoms with E-state index in [4.69, 9.17) is 4.52 Å². The van der Waals surface area contributed by atoms with Gasteiger partial charge < -0.3 is 9.42 Å². The number of nitrogens with zero attached hydrogens (tertiary/aromatic N) is 3. The summed E-state index contributed by atoms with van der Waals surface area (Å²) in [6, 6.07) is 13.7. The Bertz CT molecular complexity index is 880. The summed E-state index contributed by atoms with van der Waals surface area (Å²) in [6.45, 7) is 0. The molecule has 1 aromatic heterocycles. The largest absolute Gasteiger partial charge is 0.339 e. The smallest absolute Gasteiger partial charge is 0.227 e. The Morgan fingerprint density at radius 3 is 2.64 bits per heavy atom. The number of halogens is 2. The number of anilines is 1. The Hall–Kier alpha value is -2.54. The highest BCUT2D eigenvalue weighted by molar-refractivity contribution is 9.10. The van der Waals surface area contributed by atoms with Crippen LogP contribution in [0.25, 0.3) is 11.4 Å². The molecule has 25 heavy (non-hydrogen) atoms. The minimum absolute atomic E-state index is 0.0760. The van der Waals surface area contributed by atoms with Crippen LogP contribution in [0.1, 0.15) is 12.3 Å². The number of hydrogen-bond donors (Lipinski definition) is 0. The SMILES string of the molecule is CN(C(=O)CCc1nc(-c2ccccc2F)no1)c1ccc(Br)cc1. The highest BCUT2D eigenvalue weighted by Gasteiger charge is 2.15. The fraction of sp³-hybridized carbons (Fsp3) is 0.167. The van der Waals surface area contributed by atoms with Crippen molar-refractivity contribution in [1.29, 1.82) is 0 Å². The Balaban J connectivity index is 1.63. The second-order valence-electron chi connectivity index (χ2n) is 5.42. The van der Waals surface area contributed by atoms with E-state index in [1.165, 1.54) is 6.07 Å². The van der Waals surface area contributed by atoms with E-state index >= 15 is 0 Å². The second-order valence-corrected chi connectivity index (χ2v) is 6.34. The molecular weight excluding hydrogens is 389 g/mol. The molecule has 0 spiro atoms. The average Bonchev–Trinajstić information content (AvgIpc) is 3.09. The van der Waals surface area contributed by atoms with Crippen molar-refractivity contribution in [2.24, 2.45) is 0 Å². The minimum Gasteiger partial charge on any atom is -0.339 e. The zero-order valence-electron chi connectivity index (χ0n) is 13.4. The molecule has 0 saturated heterocycles. The number of carbonyl (C=O) groups is 1. The maximum absolute atomic E-state index is 13.7. The van der Waals surface area contributed by atoms with Crippen molar-refractivity contribution >= 4 is 27.5 Å². The molecule has 0 atom stereocenters. The molecular formula is C18H15BrFN3O2. The zero-order valence-corrected chi connectivity index (χ0v) is 15.0. The summed E-state index contributed by atoms with van der Waals surface area (Å²) in [4.78, 5) is 18.0. The van der Waals surface area contributed by atoms with Crippen molar-refractivity contribution in [3.8, 4) is 11.4 Å². The molecule has 0 aliphatic rings. The van der Waals surface area contributed by atoms with E-state index in [1.807, 2.05) is 24.3 Å². The minimum atomic E-state index is -0.416. The first kappa shape index (κ1) is 17.3. The molecule has 2 aromatic carbocycles. The lowest BCUT2D eigenvalue weighted by Gasteiger charge is -2.16. The quantitative estimate of drug-likeness (QED) is 0.639. The van der Waals surface area contributed by atoms with Gasteiger partial charge in [-0.1, -0.05) is 33.2 Å². The van der Waals surface area contributed by atoms with Crippen molar-refractivity contribution in [3.63, 3.8) is 0 Å². The highest BCUT2D eigenvalue weighted by atomic mass is 79.9. The molecule has 0 aliphatic carbocycles. The van der Waals surface area contributed by atoms with Gasteiger partial charge in [0.2, 0.25) is 17.6 Å². The standard InChI is InChI=1S/C18H15BrFN3O2/c1-23(13-8-6-12(19)7-9-13)17(24)11-10-16-21-18(22-25-16)14-4-2-3-5-15(14)20/h2-9H,10-11H2,1H3. The van der Waals surface area contributed by atoms with Crippen molar-refractivity contribution in [2.45, 2.75) is 12.8 Å². The van der Waals surface area contributed by atoms with Crippen LogP contribution in [-0.2, 0) is 11.2 Å². The number of amides is 1. The van der Waals surface area contributed by atoms with Crippen LogP contribution in [-0.4, -0.2) is 23.1 Å². The van der Waals surface area contributed by atoms with Crippen LogP contribution in [0.5, 0.6) is 0 Å². The summed E-state index contributed by atoms with van der Waals surface area (Å²) >= 11 is 3.36. The van der Waals surface area contributed by atoms with E-state index in [-0.39, 0.29) is 23.7 Å². The van der Waals surface area contributed by atoms with Crippen LogP contribution in [0.4, 0.5) is 10.1 Å². The molecule has 0 radical (unpaired) electrons. The normalized spacial score (nSPS) is 10.7. The Morgan fingerprint density at radius 2 is 1.92 bits per heavy atom. The van der Waals surface area contributed by atoms with Gasteiger partial charge in [-0.15, -0.1) is 0 Å². The first-order chi connectivity index (χ1) is 12.0. The number of rotatable bonds is 5. The summed E-state index contributed by atoms with van der Waals surface area (Å²) in [7, 11) is 1.71. The molecule has 0 fully saturated rings. The lowest BCUT2D eigenvalue weighted by atomic mass is 10.2. The van der Waals surface area contributed by atoms with Gasteiger partial charge in [0.1, 0.15) is 5.82 Å². The van der Waals surface area contributed by atoms with Gasteiger partial charge >= 0.3 is 0 Å². The fourth-order valence-corrected chi connectivity index (χ4v) is 2.56. The highest BCUT2D eigenvalue weighted by Crippen LogP contribution is 2.20. The Kier molecular flexibility index (Phi) is 5.23. The molecule has 7 heteroatoms. The molecule has 0 unspecified atom stereocenters. The predicted octanol–water partition coefficient (Wildman–Crippen LogP) is 4.23. The van der Waals surface area contributed by atoms with Crippen LogP contribution < -0.4 is 4.90 Å². The van der Waals surface area contributed by atoms with Gasteiger partial charge in [-0.2, -0.15) is 4.98 Å². The van der Waals surface area contributed by atoms with Crippen LogP contribution in [0.3, 0.4) is 0 Å². The average molecular weight is 404 g/mol. The summed E-state index contributed by atoms with van der Waals surface area (Å²) in [5.41, 5.74) is 1.07. The van der Waals surface area contributed by atoms with Crippen molar-refractivity contribution in [1.82, 2.24) is 10.1 Å². The van der Waals surface area contributed by atoms with Gasteiger partial charge in [0, 0.05) is 30.0 Å². The number of carbonyl (C=O) groups excluding carboxylic acids is 1. The van der Waals surface area contributed by atoms with Gasteiger partial charge in [-0.3, -0.25) is 4.79 Å². The third-order valence-electron chi connectivity index (χ3n) is 3.72.